The third-order valence-corrected chi connectivity index (χ3v) is 4.78. The summed E-state index contributed by atoms with van der Waals surface area (Å²) in [5.41, 5.74) is -2.57. The Morgan fingerprint density at radius 2 is 1.45 bits per heavy atom. The Hall–Kier alpha value is -2.58. The van der Waals surface area contributed by atoms with Gasteiger partial charge in [0.1, 0.15) is 11.3 Å². The van der Waals surface area contributed by atoms with Gasteiger partial charge in [-0.15, -0.1) is 0 Å². The molecule has 0 fully saturated rings. The normalized spacial score (nSPS) is 13.9. The zero-order valence-electron chi connectivity index (χ0n) is 15.7. The Morgan fingerprint density at radius 3 is 1.86 bits per heavy atom. The number of nitrogens with one attached hydrogen (secondary N) is 1. The van der Waals surface area contributed by atoms with Crippen molar-refractivity contribution in [2.24, 2.45) is 5.92 Å². The second-order valence-corrected chi connectivity index (χ2v) is 6.71. The van der Waals surface area contributed by atoms with Crippen molar-refractivity contribution in [1.82, 2.24) is 0 Å². The fourth-order valence-corrected chi connectivity index (χ4v) is 3.07. The van der Waals surface area contributed by atoms with Crippen molar-refractivity contribution in [2.45, 2.75) is 39.3 Å². The first-order valence-electron chi connectivity index (χ1n) is 8.70. The summed E-state index contributed by atoms with van der Waals surface area (Å²) in [5.74, 6) is -12.1. The van der Waals surface area contributed by atoms with Gasteiger partial charge in [-0.1, -0.05) is 43.7 Å². The van der Waals surface area contributed by atoms with Gasteiger partial charge in [0.25, 0.3) is 0 Å². The van der Waals surface area contributed by atoms with Crippen molar-refractivity contribution < 1.29 is 35.5 Å². The second kappa shape index (κ2) is 8.42. The maximum atomic E-state index is 14.0. The number of alkyl halides is 3. The minimum atomic E-state index is -5.65. The van der Waals surface area contributed by atoms with E-state index < -0.39 is 58.4 Å². The van der Waals surface area contributed by atoms with E-state index in [0.29, 0.717) is 0 Å². The number of amides is 1. The number of rotatable bonds is 5. The lowest BCUT2D eigenvalue weighted by molar-refractivity contribution is -0.143. The fraction of sp³-hybridized carbons (Fsp3) is 0.350. The molecule has 29 heavy (non-hydrogen) atoms. The third kappa shape index (κ3) is 4.54. The van der Waals surface area contributed by atoms with Crippen LogP contribution in [0.2, 0.25) is 0 Å². The van der Waals surface area contributed by atoms with Crippen LogP contribution in [0.3, 0.4) is 0 Å². The van der Waals surface area contributed by atoms with Gasteiger partial charge < -0.3 is 5.32 Å². The van der Waals surface area contributed by atoms with Crippen molar-refractivity contribution >= 4 is 11.6 Å². The van der Waals surface area contributed by atoms with Gasteiger partial charge in [-0.05, 0) is 24.8 Å². The first-order chi connectivity index (χ1) is 13.4. The molecule has 0 saturated heterocycles. The SMILES string of the molecule is CCC(C(=O)Nc1c(F)c(F)c(C(F)(F)F)c(F)c1F)C(C)c1ccc(C)cc1. The number of benzene rings is 2. The molecule has 2 aromatic carbocycles. The monoisotopic (exact) mass is 421 g/mol. The zero-order valence-corrected chi connectivity index (χ0v) is 15.7. The van der Waals surface area contributed by atoms with E-state index in [1.165, 1.54) is 0 Å². The van der Waals surface area contributed by atoms with Crippen LogP contribution in [0.1, 0.15) is 42.9 Å². The predicted molar refractivity (Wildman–Crippen MR) is 93.3 cm³/mol. The van der Waals surface area contributed by atoms with Crippen LogP contribution in [0.5, 0.6) is 0 Å². The van der Waals surface area contributed by atoms with Gasteiger partial charge in [0.2, 0.25) is 5.91 Å². The molecule has 0 saturated carbocycles. The first kappa shape index (κ1) is 22.7. The van der Waals surface area contributed by atoms with Gasteiger partial charge in [-0.2, -0.15) is 13.2 Å². The lowest BCUT2D eigenvalue weighted by Crippen LogP contribution is -2.28. The Balaban J connectivity index is 2.39. The zero-order chi connectivity index (χ0) is 22.1. The number of hydrogen-bond acceptors (Lipinski definition) is 1. The van der Waals surface area contributed by atoms with E-state index in [0.717, 1.165) is 11.1 Å². The van der Waals surface area contributed by atoms with E-state index in [-0.39, 0.29) is 6.42 Å². The molecule has 0 bridgehead atoms. The van der Waals surface area contributed by atoms with Gasteiger partial charge in [-0.25, -0.2) is 17.6 Å². The molecular weight excluding hydrogens is 403 g/mol. The Kier molecular flexibility index (Phi) is 6.60. The number of carbonyl (C=O) groups is 1. The van der Waals surface area contributed by atoms with Gasteiger partial charge in [0.05, 0.1) is 0 Å². The average molecular weight is 421 g/mol. The molecule has 2 rings (SSSR count). The summed E-state index contributed by atoms with van der Waals surface area (Å²) in [6.07, 6.45) is -5.44. The molecule has 9 heteroatoms. The van der Waals surface area contributed by atoms with E-state index in [9.17, 15) is 35.5 Å². The lowest BCUT2D eigenvalue weighted by Gasteiger charge is -2.23. The third-order valence-electron chi connectivity index (χ3n) is 4.78. The lowest BCUT2D eigenvalue weighted by atomic mass is 9.85. The molecular formula is C20H18F7NO. The van der Waals surface area contributed by atoms with Crippen LogP contribution >= 0.6 is 0 Å². The number of aryl methyl sites for hydroxylation is 1. The molecule has 2 aromatic rings. The van der Waals surface area contributed by atoms with Gasteiger partial charge in [0, 0.05) is 5.92 Å². The van der Waals surface area contributed by atoms with Crippen molar-refractivity contribution in [3.63, 3.8) is 0 Å². The van der Waals surface area contributed by atoms with Gasteiger partial charge in [0.15, 0.2) is 23.3 Å². The maximum Gasteiger partial charge on any atom is 0.422 e. The number of hydrogen-bond donors (Lipinski definition) is 1. The molecule has 1 amide bonds. The van der Waals surface area contributed by atoms with E-state index >= 15 is 0 Å². The Bertz CT molecular complexity index is 878. The summed E-state index contributed by atoms with van der Waals surface area (Å²) in [4.78, 5) is 12.5. The largest absolute Gasteiger partial charge is 0.422 e. The minimum absolute atomic E-state index is 0.204. The van der Waals surface area contributed by atoms with Crippen molar-refractivity contribution in [1.29, 1.82) is 0 Å². The molecule has 0 aliphatic heterocycles. The van der Waals surface area contributed by atoms with Crippen molar-refractivity contribution in [2.75, 3.05) is 5.32 Å². The molecule has 2 nitrogen and oxygen atoms in total. The molecule has 0 aliphatic rings. The molecule has 2 unspecified atom stereocenters. The molecule has 0 heterocycles. The summed E-state index contributed by atoms with van der Waals surface area (Å²) in [6, 6.07) is 7.12. The molecule has 0 radical (unpaired) electrons. The summed E-state index contributed by atoms with van der Waals surface area (Å²) in [6.45, 7) is 5.16. The van der Waals surface area contributed by atoms with E-state index in [1.807, 2.05) is 6.92 Å². The van der Waals surface area contributed by atoms with Crippen LogP contribution in [0, 0.1) is 36.1 Å². The summed E-state index contributed by atoms with van der Waals surface area (Å²) < 4.78 is 93.6. The van der Waals surface area contributed by atoms with Crippen LogP contribution < -0.4 is 5.32 Å². The standard InChI is InChI=1S/C20H18F7NO/c1-4-12(10(3)11-7-5-9(2)6-8-11)19(29)28-18-16(23)14(21)13(20(25,26)27)15(22)17(18)24/h5-8,10,12H,4H2,1-3H3,(H,28,29). The highest BCUT2D eigenvalue weighted by Gasteiger charge is 2.42. The van der Waals surface area contributed by atoms with Crippen LogP contribution in [-0.4, -0.2) is 5.91 Å². The quantitative estimate of drug-likeness (QED) is 0.443. The number of halogens is 7. The van der Waals surface area contributed by atoms with Gasteiger partial charge in [-0.3, -0.25) is 4.79 Å². The second-order valence-electron chi connectivity index (χ2n) is 6.71. The average Bonchev–Trinajstić information content (AvgIpc) is 2.63. The Labute approximate surface area is 162 Å². The van der Waals surface area contributed by atoms with Crippen LogP contribution in [0.4, 0.5) is 36.4 Å². The maximum absolute atomic E-state index is 14.0. The van der Waals surface area contributed by atoms with Crippen LogP contribution in [0.15, 0.2) is 24.3 Å². The summed E-state index contributed by atoms with van der Waals surface area (Å²) in [7, 11) is 0. The highest BCUT2D eigenvalue weighted by Crippen LogP contribution is 2.39. The molecule has 0 aliphatic carbocycles. The minimum Gasteiger partial charge on any atom is -0.321 e. The molecule has 0 aromatic heterocycles. The Morgan fingerprint density at radius 1 is 0.966 bits per heavy atom. The van der Waals surface area contributed by atoms with E-state index in [4.69, 9.17) is 0 Å². The highest BCUT2D eigenvalue weighted by molar-refractivity contribution is 5.93. The predicted octanol–water partition coefficient (Wildman–Crippen LogP) is 6.34. The molecule has 1 N–H and O–H groups in total. The topological polar surface area (TPSA) is 29.1 Å². The summed E-state index contributed by atoms with van der Waals surface area (Å²) in [5, 5.41) is 1.72. The number of anilines is 1. The first-order valence-corrected chi connectivity index (χ1v) is 8.70. The van der Waals surface area contributed by atoms with Crippen molar-refractivity contribution in [3.8, 4) is 0 Å². The smallest absolute Gasteiger partial charge is 0.321 e. The fourth-order valence-electron chi connectivity index (χ4n) is 3.07. The summed E-state index contributed by atoms with van der Waals surface area (Å²) >= 11 is 0. The van der Waals surface area contributed by atoms with Crippen LogP contribution in [0.25, 0.3) is 0 Å². The van der Waals surface area contributed by atoms with Crippen LogP contribution in [-0.2, 0) is 11.0 Å². The molecule has 158 valence electrons. The van der Waals surface area contributed by atoms with E-state index in [2.05, 4.69) is 0 Å². The van der Waals surface area contributed by atoms with Crippen molar-refractivity contribution in [3.05, 3.63) is 64.2 Å². The molecule has 2 atom stereocenters. The highest BCUT2D eigenvalue weighted by atomic mass is 19.4. The van der Waals surface area contributed by atoms with Gasteiger partial charge >= 0.3 is 6.18 Å². The molecule has 0 spiro atoms. The number of carbonyl (C=O) groups excluding carboxylic acids is 1. The van der Waals surface area contributed by atoms with E-state index in [1.54, 1.807) is 43.4 Å².